The molecule has 0 N–H and O–H groups in total. The third-order valence-corrected chi connectivity index (χ3v) is 1.77. The molecule has 1 nitrogen and oxygen atoms in total. The second kappa shape index (κ2) is 4.54. The summed E-state index contributed by atoms with van der Waals surface area (Å²) in [7, 11) is 0. The molecule has 0 saturated heterocycles. The molecule has 1 aliphatic carbocycles. The SMILES string of the molecule is O=[C]C1CCCCC1.[CH3]. The summed E-state index contributed by atoms with van der Waals surface area (Å²) in [6.07, 6.45) is 8.02. The predicted octanol–water partition coefficient (Wildman–Crippen LogP) is 2.13. The van der Waals surface area contributed by atoms with E-state index >= 15 is 0 Å². The van der Waals surface area contributed by atoms with Crippen molar-refractivity contribution in [2.24, 2.45) is 5.92 Å². The maximum Gasteiger partial charge on any atom is 0.201 e. The second-order valence-electron chi connectivity index (χ2n) is 2.45. The molecular weight excluding hydrogens is 112 g/mol. The van der Waals surface area contributed by atoms with Crippen molar-refractivity contribution in [2.75, 3.05) is 0 Å². The van der Waals surface area contributed by atoms with E-state index in [0.29, 0.717) is 0 Å². The van der Waals surface area contributed by atoms with Crippen LogP contribution in [0.3, 0.4) is 0 Å². The second-order valence-corrected chi connectivity index (χ2v) is 2.45. The Bertz CT molecular complexity index is 72.6. The Hall–Kier alpha value is -0.330. The van der Waals surface area contributed by atoms with Crippen molar-refractivity contribution >= 4 is 6.29 Å². The average molecular weight is 126 g/mol. The van der Waals surface area contributed by atoms with Crippen molar-refractivity contribution in [1.29, 1.82) is 0 Å². The van der Waals surface area contributed by atoms with Gasteiger partial charge in [-0.3, -0.25) is 4.79 Å². The van der Waals surface area contributed by atoms with Crippen molar-refractivity contribution in [1.82, 2.24) is 0 Å². The van der Waals surface area contributed by atoms with Gasteiger partial charge in [0.25, 0.3) is 0 Å². The molecule has 0 heterocycles. The maximum atomic E-state index is 10.0. The molecule has 1 saturated carbocycles. The van der Waals surface area contributed by atoms with Crippen LogP contribution in [0.5, 0.6) is 0 Å². The first kappa shape index (κ1) is 8.67. The summed E-state index contributed by atoms with van der Waals surface area (Å²) in [5.41, 5.74) is 0. The van der Waals surface area contributed by atoms with Gasteiger partial charge in [-0.1, -0.05) is 26.7 Å². The van der Waals surface area contributed by atoms with Crippen LogP contribution in [-0.2, 0) is 4.79 Å². The Morgan fingerprint density at radius 1 is 1.11 bits per heavy atom. The summed E-state index contributed by atoms with van der Waals surface area (Å²) >= 11 is 0. The predicted molar refractivity (Wildman–Crippen MR) is 38.7 cm³/mol. The number of hydrogen-bond acceptors (Lipinski definition) is 1. The third kappa shape index (κ3) is 2.64. The Balaban J connectivity index is 0.000000640. The molecule has 0 aliphatic heterocycles. The Morgan fingerprint density at radius 2 is 1.67 bits per heavy atom. The summed E-state index contributed by atoms with van der Waals surface area (Å²) < 4.78 is 0. The largest absolute Gasteiger partial charge is 0.291 e. The van der Waals surface area contributed by atoms with E-state index in [1.54, 1.807) is 0 Å². The Kier molecular flexibility index (Phi) is 4.37. The summed E-state index contributed by atoms with van der Waals surface area (Å²) in [5, 5.41) is 0. The van der Waals surface area contributed by atoms with Crippen LogP contribution < -0.4 is 0 Å². The highest BCUT2D eigenvalue weighted by molar-refractivity contribution is 5.54. The minimum absolute atomic E-state index is 0. The van der Waals surface area contributed by atoms with Gasteiger partial charge in [0.1, 0.15) is 0 Å². The van der Waals surface area contributed by atoms with E-state index in [2.05, 4.69) is 6.29 Å². The van der Waals surface area contributed by atoms with Crippen molar-refractivity contribution in [3.63, 3.8) is 0 Å². The van der Waals surface area contributed by atoms with Crippen molar-refractivity contribution in [2.45, 2.75) is 32.1 Å². The zero-order valence-electron chi connectivity index (χ0n) is 6.02. The van der Waals surface area contributed by atoms with Crippen molar-refractivity contribution in [3.05, 3.63) is 7.43 Å². The lowest BCUT2D eigenvalue weighted by Crippen LogP contribution is -2.06. The van der Waals surface area contributed by atoms with Gasteiger partial charge in [-0.2, -0.15) is 0 Å². The monoisotopic (exact) mass is 126 g/mol. The van der Waals surface area contributed by atoms with Crippen LogP contribution in [0.2, 0.25) is 0 Å². The molecule has 0 atom stereocenters. The molecule has 1 heteroatoms. The molecule has 2 radical (unpaired) electrons. The molecule has 0 amide bonds. The normalized spacial score (nSPS) is 20.4. The van der Waals surface area contributed by atoms with Gasteiger partial charge in [-0.25, -0.2) is 0 Å². The first-order valence-electron chi connectivity index (χ1n) is 3.31. The fraction of sp³-hybridized carbons (Fsp3) is 0.750. The smallest absolute Gasteiger partial charge is 0.201 e. The quantitative estimate of drug-likeness (QED) is 0.526. The lowest BCUT2D eigenvalue weighted by Gasteiger charge is -2.13. The van der Waals surface area contributed by atoms with Gasteiger partial charge in [0.2, 0.25) is 6.29 Å². The van der Waals surface area contributed by atoms with Crippen molar-refractivity contribution < 1.29 is 4.79 Å². The van der Waals surface area contributed by atoms with E-state index in [1.807, 2.05) is 0 Å². The van der Waals surface area contributed by atoms with Gasteiger partial charge in [0.15, 0.2) is 0 Å². The molecule has 0 bridgehead atoms. The molecule has 52 valence electrons. The molecular formula is C8H14O. The van der Waals surface area contributed by atoms with Gasteiger partial charge >= 0.3 is 0 Å². The van der Waals surface area contributed by atoms with Crippen LogP contribution >= 0.6 is 0 Å². The van der Waals surface area contributed by atoms with E-state index in [0.717, 1.165) is 12.8 Å². The molecule has 0 unspecified atom stereocenters. The molecule has 9 heavy (non-hydrogen) atoms. The maximum absolute atomic E-state index is 10.0. The van der Waals surface area contributed by atoms with Gasteiger partial charge in [0.05, 0.1) is 0 Å². The summed E-state index contributed by atoms with van der Waals surface area (Å²) in [4.78, 5) is 10.0. The molecule has 0 aromatic heterocycles. The van der Waals surface area contributed by atoms with Crippen molar-refractivity contribution in [3.8, 4) is 0 Å². The summed E-state index contributed by atoms with van der Waals surface area (Å²) in [5.74, 6) is 0.281. The van der Waals surface area contributed by atoms with Crippen LogP contribution in [0, 0.1) is 13.3 Å². The Morgan fingerprint density at radius 3 is 2.00 bits per heavy atom. The fourth-order valence-electron chi connectivity index (χ4n) is 1.22. The lowest BCUT2D eigenvalue weighted by molar-refractivity contribution is 0.414. The minimum atomic E-state index is 0. The van der Waals surface area contributed by atoms with Gasteiger partial charge in [0, 0.05) is 5.92 Å². The zero-order valence-corrected chi connectivity index (χ0v) is 6.02. The highest BCUT2D eigenvalue weighted by Gasteiger charge is 2.11. The van der Waals surface area contributed by atoms with E-state index < -0.39 is 0 Å². The first-order chi connectivity index (χ1) is 3.93. The Labute approximate surface area is 57.5 Å². The van der Waals surface area contributed by atoms with Crippen LogP contribution in [-0.4, -0.2) is 6.29 Å². The molecule has 1 rings (SSSR count). The molecule has 1 aliphatic rings. The first-order valence-corrected chi connectivity index (χ1v) is 3.31. The highest BCUT2D eigenvalue weighted by Crippen LogP contribution is 2.21. The zero-order chi connectivity index (χ0) is 5.82. The topological polar surface area (TPSA) is 17.1 Å². The van der Waals surface area contributed by atoms with E-state index in [1.165, 1.54) is 19.3 Å². The fourth-order valence-corrected chi connectivity index (χ4v) is 1.22. The molecule has 1 fully saturated rings. The van der Waals surface area contributed by atoms with E-state index in [-0.39, 0.29) is 13.3 Å². The number of carbonyl (C=O) groups excluding carboxylic acids is 1. The van der Waals surface area contributed by atoms with Gasteiger partial charge in [-0.15, -0.1) is 0 Å². The third-order valence-electron chi connectivity index (χ3n) is 1.77. The standard InChI is InChI=1S/C7H11O.CH3/c8-6-7-4-2-1-3-5-7;/h7H,1-5H2;1H3. The summed E-state index contributed by atoms with van der Waals surface area (Å²) in [6.45, 7) is 0. The summed E-state index contributed by atoms with van der Waals surface area (Å²) in [6, 6.07) is 0. The molecule has 0 spiro atoms. The number of hydrogen-bond donors (Lipinski definition) is 0. The average Bonchev–Trinajstić information content (AvgIpc) is 1.90. The minimum Gasteiger partial charge on any atom is -0.291 e. The van der Waals surface area contributed by atoms with Crippen LogP contribution in [0.25, 0.3) is 0 Å². The van der Waals surface area contributed by atoms with Crippen LogP contribution in [0.1, 0.15) is 32.1 Å². The van der Waals surface area contributed by atoms with Gasteiger partial charge < -0.3 is 0 Å². The lowest BCUT2D eigenvalue weighted by atomic mass is 9.91. The van der Waals surface area contributed by atoms with E-state index in [9.17, 15) is 4.79 Å². The van der Waals surface area contributed by atoms with Crippen LogP contribution in [0.4, 0.5) is 0 Å². The highest BCUT2D eigenvalue weighted by atomic mass is 16.1. The molecule has 0 aromatic rings. The molecule has 0 aromatic carbocycles. The van der Waals surface area contributed by atoms with E-state index in [4.69, 9.17) is 0 Å². The van der Waals surface area contributed by atoms with Gasteiger partial charge in [-0.05, 0) is 12.8 Å². The van der Waals surface area contributed by atoms with Crippen LogP contribution in [0.15, 0.2) is 0 Å². The number of rotatable bonds is 1.